The summed E-state index contributed by atoms with van der Waals surface area (Å²) in [6.07, 6.45) is 0. The molecule has 0 spiro atoms. The first-order valence-corrected chi connectivity index (χ1v) is 8.85. The highest BCUT2D eigenvalue weighted by molar-refractivity contribution is 7.12. The summed E-state index contributed by atoms with van der Waals surface area (Å²) in [7, 11) is 1.52. The number of carbonyl (C=O) groups excluding carboxylic acids is 2. The summed E-state index contributed by atoms with van der Waals surface area (Å²) in [6.45, 7) is 1.94. The van der Waals surface area contributed by atoms with Gasteiger partial charge in [-0.2, -0.15) is 0 Å². The van der Waals surface area contributed by atoms with Gasteiger partial charge in [0.1, 0.15) is 5.75 Å². The lowest BCUT2D eigenvalue weighted by molar-refractivity contribution is 0.102. The molecule has 3 rings (SSSR count). The highest BCUT2D eigenvalue weighted by Gasteiger charge is 2.12. The van der Waals surface area contributed by atoms with E-state index in [-0.39, 0.29) is 11.8 Å². The Morgan fingerprint density at radius 1 is 0.962 bits per heavy atom. The zero-order valence-electron chi connectivity index (χ0n) is 14.4. The van der Waals surface area contributed by atoms with Crippen molar-refractivity contribution in [3.05, 3.63) is 76.0 Å². The average molecular weight is 366 g/mol. The van der Waals surface area contributed by atoms with E-state index in [4.69, 9.17) is 4.74 Å². The van der Waals surface area contributed by atoms with Crippen molar-refractivity contribution >= 4 is 34.5 Å². The molecule has 2 amide bonds. The second-order valence-corrected chi connectivity index (χ2v) is 6.62. The molecular formula is C20H18N2O3S. The molecule has 2 N–H and O–H groups in total. The molecule has 0 bridgehead atoms. The van der Waals surface area contributed by atoms with Gasteiger partial charge in [0.2, 0.25) is 0 Å². The quantitative estimate of drug-likeness (QED) is 0.695. The number of nitrogens with one attached hydrogen (secondary N) is 2. The monoisotopic (exact) mass is 366 g/mol. The van der Waals surface area contributed by atoms with E-state index in [1.165, 1.54) is 18.4 Å². The molecule has 0 fully saturated rings. The van der Waals surface area contributed by atoms with E-state index in [2.05, 4.69) is 10.6 Å². The number of ether oxygens (including phenoxy) is 1. The molecule has 0 saturated heterocycles. The first-order valence-electron chi connectivity index (χ1n) is 7.98. The summed E-state index contributed by atoms with van der Waals surface area (Å²) in [5, 5.41) is 7.50. The molecule has 0 unspecified atom stereocenters. The zero-order valence-corrected chi connectivity index (χ0v) is 15.2. The Morgan fingerprint density at radius 2 is 1.81 bits per heavy atom. The third-order valence-electron chi connectivity index (χ3n) is 3.73. The van der Waals surface area contributed by atoms with Crippen LogP contribution in [0.5, 0.6) is 5.75 Å². The molecular weight excluding hydrogens is 348 g/mol. The number of carbonyl (C=O) groups is 2. The van der Waals surface area contributed by atoms with Gasteiger partial charge in [0.05, 0.1) is 17.7 Å². The number of methoxy groups -OCH3 is 1. The van der Waals surface area contributed by atoms with Crippen LogP contribution in [0.2, 0.25) is 0 Å². The Kier molecular flexibility index (Phi) is 5.34. The van der Waals surface area contributed by atoms with Gasteiger partial charge in [-0.3, -0.25) is 9.59 Å². The van der Waals surface area contributed by atoms with E-state index in [9.17, 15) is 9.59 Å². The summed E-state index contributed by atoms with van der Waals surface area (Å²) in [4.78, 5) is 25.2. The smallest absolute Gasteiger partial charge is 0.265 e. The molecule has 132 valence electrons. The first-order chi connectivity index (χ1) is 12.6. The fourth-order valence-corrected chi connectivity index (χ4v) is 3.07. The van der Waals surface area contributed by atoms with E-state index in [0.717, 1.165) is 5.56 Å². The minimum absolute atomic E-state index is 0.199. The van der Waals surface area contributed by atoms with Crippen LogP contribution in [-0.2, 0) is 0 Å². The lowest BCUT2D eigenvalue weighted by Crippen LogP contribution is -2.13. The van der Waals surface area contributed by atoms with Crippen LogP contribution in [-0.4, -0.2) is 18.9 Å². The summed E-state index contributed by atoms with van der Waals surface area (Å²) in [5.41, 5.74) is 2.72. The Morgan fingerprint density at radius 3 is 2.50 bits per heavy atom. The fraction of sp³-hybridized carbons (Fsp3) is 0.100. The average Bonchev–Trinajstić information content (AvgIpc) is 3.17. The molecule has 3 aromatic rings. The van der Waals surface area contributed by atoms with Crippen LogP contribution < -0.4 is 15.4 Å². The molecule has 5 nitrogen and oxygen atoms in total. The second kappa shape index (κ2) is 7.84. The second-order valence-electron chi connectivity index (χ2n) is 5.67. The molecule has 2 aromatic carbocycles. The number of benzene rings is 2. The normalized spacial score (nSPS) is 10.2. The highest BCUT2D eigenvalue weighted by atomic mass is 32.1. The fourth-order valence-electron chi connectivity index (χ4n) is 2.45. The number of hydrogen-bond donors (Lipinski definition) is 2. The number of amides is 2. The largest absolute Gasteiger partial charge is 0.494 e. The maximum atomic E-state index is 12.4. The van der Waals surface area contributed by atoms with Gasteiger partial charge in [-0.05, 0) is 42.6 Å². The van der Waals surface area contributed by atoms with E-state index < -0.39 is 0 Å². The number of rotatable bonds is 5. The number of anilines is 2. The molecule has 1 heterocycles. The van der Waals surface area contributed by atoms with Gasteiger partial charge in [-0.15, -0.1) is 11.3 Å². The summed E-state index contributed by atoms with van der Waals surface area (Å²) in [6, 6.07) is 16.0. The molecule has 0 aliphatic carbocycles. The molecule has 0 saturated carbocycles. The van der Waals surface area contributed by atoms with Crippen molar-refractivity contribution in [2.45, 2.75) is 6.92 Å². The van der Waals surface area contributed by atoms with Gasteiger partial charge >= 0.3 is 0 Å². The number of hydrogen-bond acceptors (Lipinski definition) is 4. The van der Waals surface area contributed by atoms with Crippen molar-refractivity contribution in [2.75, 3.05) is 17.7 Å². The lowest BCUT2D eigenvalue weighted by Gasteiger charge is -2.12. The minimum Gasteiger partial charge on any atom is -0.494 e. The predicted octanol–water partition coefficient (Wildman–Crippen LogP) is 4.57. The van der Waals surface area contributed by atoms with Crippen LogP contribution in [0.15, 0.2) is 60.0 Å². The Bertz CT molecular complexity index is 936. The van der Waals surface area contributed by atoms with Gasteiger partial charge < -0.3 is 15.4 Å². The standard InChI is InChI=1S/C20H18N2O3S/c1-13-5-3-6-14(11-13)19(23)21-15-8-9-16(17(12-15)25-2)22-20(24)18-7-4-10-26-18/h3-12H,1-2H3,(H,21,23)(H,22,24). The van der Waals surface area contributed by atoms with Gasteiger partial charge in [0, 0.05) is 17.3 Å². The van der Waals surface area contributed by atoms with Crippen molar-refractivity contribution in [1.29, 1.82) is 0 Å². The number of thiophene rings is 1. The van der Waals surface area contributed by atoms with Crippen LogP contribution in [0.25, 0.3) is 0 Å². The van der Waals surface area contributed by atoms with Crippen molar-refractivity contribution in [3.63, 3.8) is 0 Å². The third-order valence-corrected chi connectivity index (χ3v) is 4.60. The van der Waals surface area contributed by atoms with E-state index in [1.54, 1.807) is 30.3 Å². The lowest BCUT2D eigenvalue weighted by atomic mass is 10.1. The molecule has 0 atom stereocenters. The van der Waals surface area contributed by atoms with Gasteiger partial charge in [0.25, 0.3) is 11.8 Å². The van der Waals surface area contributed by atoms with Crippen LogP contribution in [0.4, 0.5) is 11.4 Å². The zero-order chi connectivity index (χ0) is 18.5. The van der Waals surface area contributed by atoms with E-state index in [0.29, 0.717) is 27.6 Å². The molecule has 0 aliphatic heterocycles. The number of aryl methyl sites for hydroxylation is 1. The molecule has 26 heavy (non-hydrogen) atoms. The third kappa shape index (κ3) is 4.10. The van der Waals surface area contributed by atoms with E-state index in [1.807, 2.05) is 36.6 Å². The summed E-state index contributed by atoms with van der Waals surface area (Å²) in [5.74, 6) is 0.0675. The predicted molar refractivity (Wildman–Crippen MR) is 104 cm³/mol. The van der Waals surface area contributed by atoms with Gasteiger partial charge in [-0.25, -0.2) is 0 Å². The maximum absolute atomic E-state index is 12.4. The molecule has 0 radical (unpaired) electrons. The minimum atomic E-state index is -0.203. The van der Waals surface area contributed by atoms with Crippen LogP contribution in [0.1, 0.15) is 25.6 Å². The topological polar surface area (TPSA) is 67.4 Å². The van der Waals surface area contributed by atoms with Crippen LogP contribution in [0.3, 0.4) is 0 Å². The van der Waals surface area contributed by atoms with Crippen molar-refractivity contribution in [3.8, 4) is 5.75 Å². The van der Waals surface area contributed by atoms with E-state index >= 15 is 0 Å². The molecule has 1 aromatic heterocycles. The SMILES string of the molecule is COc1cc(NC(=O)c2cccc(C)c2)ccc1NC(=O)c1cccs1. The van der Waals surface area contributed by atoms with Gasteiger partial charge in [0.15, 0.2) is 0 Å². The van der Waals surface area contributed by atoms with Crippen molar-refractivity contribution < 1.29 is 14.3 Å². The van der Waals surface area contributed by atoms with Crippen molar-refractivity contribution in [1.82, 2.24) is 0 Å². The van der Waals surface area contributed by atoms with Gasteiger partial charge in [-0.1, -0.05) is 23.8 Å². The molecule has 6 heteroatoms. The maximum Gasteiger partial charge on any atom is 0.265 e. The molecule has 0 aliphatic rings. The Hall–Kier alpha value is -3.12. The summed E-state index contributed by atoms with van der Waals surface area (Å²) < 4.78 is 5.35. The van der Waals surface area contributed by atoms with Crippen LogP contribution in [0, 0.1) is 6.92 Å². The Balaban J connectivity index is 1.76. The summed E-state index contributed by atoms with van der Waals surface area (Å²) >= 11 is 1.36. The Labute approximate surface area is 155 Å². The van der Waals surface area contributed by atoms with Crippen LogP contribution >= 0.6 is 11.3 Å². The highest BCUT2D eigenvalue weighted by Crippen LogP contribution is 2.29. The van der Waals surface area contributed by atoms with Crippen molar-refractivity contribution in [2.24, 2.45) is 0 Å². The first kappa shape index (κ1) is 17.7.